The van der Waals surface area contributed by atoms with Crippen LogP contribution in [0.15, 0.2) is 47.6 Å². The summed E-state index contributed by atoms with van der Waals surface area (Å²) in [7, 11) is 0. The molecule has 1 aliphatic heterocycles. The number of aliphatic imine (C=N–C) groups is 1. The van der Waals surface area contributed by atoms with Crippen LogP contribution < -0.4 is 4.74 Å². The number of hydrogen-bond donors (Lipinski definition) is 1. The van der Waals surface area contributed by atoms with Crippen molar-refractivity contribution in [2.45, 2.75) is 33.9 Å². The van der Waals surface area contributed by atoms with Crippen molar-refractivity contribution in [2.24, 2.45) is 4.99 Å². The summed E-state index contributed by atoms with van der Waals surface area (Å²) in [5.41, 5.74) is 2.93. The number of aryl methyl sites for hydroxylation is 1. The Labute approximate surface area is 163 Å². The third-order valence-corrected chi connectivity index (χ3v) is 4.26. The summed E-state index contributed by atoms with van der Waals surface area (Å²) in [4.78, 5) is 16.8. The Hall–Kier alpha value is -3.35. The molecule has 0 aliphatic carbocycles. The number of rotatable bonds is 3. The van der Waals surface area contributed by atoms with Crippen LogP contribution in [0.5, 0.6) is 11.6 Å². The van der Waals surface area contributed by atoms with E-state index in [1.54, 1.807) is 26.0 Å². The van der Waals surface area contributed by atoms with Crippen LogP contribution in [-0.4, -0.2) is 39.4 Å². The number of ether oxygens (including phenoxy) is 2. The van der Waals surface area contributed by atoms with Crippen LogP contribution >= 0.6 is 0 Å². The molecule has 0 radical (unpaired) electrons. The topological polar surface area (TPSA) is 85.9 Å². The van der Waals surface area contributed by atoms with Gasteiger partial charge in [-0.1, -0.05) is 18.2 Å². The second-order valence-electron chi connectivity index (χ2n) is 6.37. The number of aromatic nitrogens is 2. The molecule has 2 heterocycles. The maximum atomic E-state index is 12.3. The van der Waals surface area contributed by atoms with Crippen molar-refractivity contribution in [3.05, 3.63) is 59.3 Å². The van der Waals surface area contributed by atoms with Crippen LogP contribution in [0.3, 0.4) is 0 Å². The standard InChI is InChI=1S/C21H23N3O4/c1-5-27-21(26)17-12-22-24-14(3)9-7-11-18(23-15(4)28-20(17)24)16-10-6-8-13(2)19(16)25/h6-12,15,25H,5H2,1-4H3/b11-7-,14-9+,23-18-. The highest BCUT2D eigenvalue weighted by Gasteiger charge is 2.23. The van der Waals surface area contributed by atoms with E-state index < -0.39 is 12.2 Å². The van der Waals surface area contributed by atoms with Crippen molar-refractivity contribution in [3.8, 4) is 11.6 Å². The fraction of sp³-hybridized carbons (Fsp3) is 0.286. The van der Waals surface area contributed by atoms with Gasteiger partial charge in [-0.2, -0.15) is 5.10 Å². The predicted octanol–water partition coefficient (Wildman–Crippen LogP) is 3.72. The molecule has 7 heteroatoms. The summed E-state index contributed by atoms with van der Waals surface area (Å²) in [5, 5.41) is 14.7. The lowest BCUT2D eigenvalue weighted by atomic mass is 10.0. The lowest BCUT2D eigenvalue weighted by Gasteiger charge is -2.17. The molecule has 3 rings (SSSR count). The van der Waals surface area contributed by atoms with E-state index in [0.29, 0.717) is 11.3 Å². The first kappa shape index (κ1) is 19.4. The van der Waals surface area contributed by atoms with Crippen molar-refractivity contribution in [2.75, 3.05) is 6.61 Å². The van der Waals surface area contributed by atoms with E-state index >= 15 is 0 Å². The molecule has 28 heavy (non-hydrogen) atoms. The highest BCUT2D eigenvalue weighted by atomic mass is 16.5. The average Bonchev–Trinajstić information content (AvgIpc) is 3.06. The number of para-hydroxylation sites is 1. The maximum Gasteiger partial charge on any atom is 0.345 e. The second kappa shape index (κ2) is 8.12. The zero-order valence-electron chi connectivity index (χ0n) is 16.3. The zero-order chi connectivity index (χ0) is 20.3. The molecule has 0 saturated carbocycles. The molecule has 1 aliphatic rings. The van der Waals surface area contributed by atoms with E-state index in [2.05, 4.69) is 10.1 Å². The summed E-state index contributed by atoms with van der Waals surface area (Å²) in [6.07, 6.45) is 6.25. The smallest absolute Gasteiger partial charge is 0.345 e. The number of fused-ring (bicyclic) bond motifs is 1. The number of carbonyl (C=O) groups is 1. The molecule has 1 N–H and O–H groups in total. The van der Waals surface area contributed by atoms with Crippen molar-refractivity contribution < 1.29 is 19.4 Å². The number of nitrogens with zero attached hydrogens (tertiary/aromatic N) is 3. The molecule has 1 aromatic heterocycles. The number of carbonyl (C=O) groups excluding carboxylic acids is 1. The fourth-order valence-corrected chi connectivity index (χ4v) is 2.85. The maximum absolute atomic E-state index is 12.3. The van der Waals surface area contributed by atoms with E-state index in [-0.39, 0.29) is 23.8 Å². The summed E-state index contributed by atoms with van der Waals surface area (Å²) < 4.78 is 12.6. The normalized spacial score (nSPS) is 21.4. The van der Waals surface area contributed by atoms with Crippen molar-refractivity contribution in [1.29, 1.82) is 0 Å². The molecule has 1 unspecified atom stereocenters. The van der Waals surface area contributed by atoms with Crippen molar-refractivity contribution in [3.63, 3.8) is 0 Å². The Bertz CT molecular complexity index is 986. The van der Waals surface area contributed by atoms with Crippen molar-refractivity contribution in [1.82, 2.24) is 9.78 Å². The Morgan fingerprint density at radius 2 is 2.14 bits per heavy atom. The first-order valence-corrected chi connectivity index (χ1v) is 9.06. The largest absolute Gasteiger partial charge is 0.507 e. The molecule has 0 spiro atoms. The molecule has 1 atom stereocenters. The molecule has 0 amide bonds. The Morgan fingerprint density at radius 3 is 2.89 bits per heavy atom. The van der Waals surface area contributed by atoms with Gasteiger partial charge in [-0.25, -0.2) is 14.5 Å². The van der Waals surface area contributed by atoms with E-state index in [0.717, 1.165) is 11.3 Å². The molecule has 146 valence electrons. The van der Waals surface area contributed by atoms with E-state index in [9.17, 15) is 9.90 Å². The molecule has 0 saturated heterocycles. The molecule has 1 aromatic carbocycles. The number of aromatic hydroxyl groups is 1. The lowest BCUT2D eigenvalue weighted by Crippen LogP contribution is -2.17. The number of allylic oxidation sites excluding steroid dienone is 4. The summed E-state index contributed by atoms with van der Waals surface area (Å²) in [5.74, 6) is -0.0587. The average molecular weight is 381 g/mol. The van der Waals surface area contributed by atoms with Gasteiger partial charge in [-0.3, -0.25) is 0 Å². The van der Waals surface area contributed by atoms with E-state index in [1.807, 2.05) is 38.1 Å². The third-order valence-electron chi connectivity index (χ3n) is 4.26. The van der Waals surface area contributed by atoms with Gasteiger partial charge in [0, 0.05) is 11.3 Å². The van der Waals surface area contributed by atoms with Crippen LogP contribution in [-0.2, 0) is 4.74 Å². The van der Waals surface area contributed by atoms with Crippen LogP contribution in [0.1, 0.15) is 42.3 Å². The van der Waals surface area contributed by atoms with Crippen LogP contribution in [0.25, 0.3) is 5.70 Å². The first-order valence-electron chi connectivity index (χ1n) is 9.06. The molecular formula is C21H23N3O4. The van der Waals surface area contributed by atoms with Gasteiger partial charge in [-0.15, -0.1) is 0 Å². The molecule has 0 fully saturated rings. The fourth-order valence-electron chi connectivity index (χ4n) is 2.85. The van der Waals surface area contributed by atoms with Gasteiger partial charge in [0.2, 0.25) is 5.88 Å². The number of esters is 1. The van der Waals surface area contributed by atoms with Gasteiger partial charge in [0.25, 0.3) is 0 Å². The minimum Gasteiger partial charge on any atom is -0.507 e. The minimum absolute atomic E-state index is 0.174. The Balaban J connectivity index is 2.07. The summed E-state index contributed by atoms with van der Waals surface area (Å²) in [6, 6.07) is 5.49. The van der Waals surface area contributed by atoms with E-state index in [4.69, 9.17) is 9.47 Å². The Morgan fingerprint density at radius 1 is 1.36 bits per heavy atom. The molecule has 0 bridgehead atoms. The minimum atomic E-state index is -0.630. The highest BCUT2D eigenvalue weighted by molar-refractivity contribution is 6.11. The Kier molecular flexibility index (Phi) is 5.63. The zero-order valence-corrected chi connectivity index (χ0v) is 16.3. The SMILES string of the molecule is CCOC(=O)c1cnn2c1OC(C)/N=C(c1cccc(C)c1O)/C=C\C=C\2C. The van der Waals surface area contributed by atoms with Crippen LogP contribution in [0.2, 0.25) is 0 Å². The highest BCUT2D eigenvalue weighted by Crippen LogP contribution is 2.27. The van der Waals surface area contributed by atoms with Gasteiger partial charge in [-0.05, 0) is 51.5 Å². The van der Waals surface area contributed by atoms with Gasteiger partial charge in [0.1, 0.15) is 11.3 Å². The van der Waals surface area contributed by atoms with Crippen LogP contribution in [0.4, 0.5) is 0 Å². The lowest BCUT2D eigenvalue weighted by molar-refractivity contribution is 0.0519. The number of phenols is 1. The number of benzene rings is 1. The van der Waals surface area contributed by atoms with E-state index in [1.165, 1.54) is 10.9 Å². The quantitative estimate of drug-likeness (QED) is 0.819. The van der Waals surface area contributed by atoms with Crippen molar-refractivity contribution >= 4 is 17.4 Å². The first-order chi connectivity index (χ1) is 13.4. The van der Waals surface area contributed by atoms with Gasteiger partial charge in [0.15, 0.2) is 6.23 Å². The summed E-state index contributed by atoms with van der Waals surface area (Å²) >= 11 is 0. The van der Waals surface area contributed by atoms with Gasteiger partial charge in [0.05, 0.1) is 18.5 Å². The molecule has 7 nitrogen and oxygen atoms in total. The predicted molar refractivity (Wildman–Crippen MR) is 107 cm³/mol. The van der Waals surface area contributed by atoms with Gasteiger partial charge < -0.3 is 14.6 Å². The summed E-state index contributed by atoms with van der Waals surface area (Å²) in [6.45, 7) is 7.44. The number of hydrogen-bond acceptors (Lipinski definition) is 6. The molecule has 2 aromatic rings. The molecular weight excluding hydrogens is 358 g/mol. The van der Waals surface area contributed by atoms with Gasteiger partial charge >= 0.3 is 5.97 Å². The monoisotopic (exact) mass is 381 g/mol. The van der Waals surface area contributed by atoms with Crippen LogP contribution in [0, 0.1) is 6.92 Å². The third kappa shape index (κ3) is 3.83. The second-order valence-corrected chi connectivity index (χ2v) is 6.37. The number of phenolic OH excluding ortho intramolecular Hbond substituents is 1.